The number of anilines is 1. The van der Waals surface area contributed by atoms with Crippen molar-refractivity contribution in [2.45, 2.75) is 6.42 Å². The predicted molar refractivity (Wildman–Crippen MR) is 78.0 cm³/mol. The fourth-order valence-corrected chi connectivity index (χ4v) is 1.79. The van der Waals surface area contributed by atoms with Gasteiger partial charge in [-0.2, -0.15) is 0 Å². The van der Waals surface area contributed by atoms with Crippen LogP contribution >= 0.6 is 0 Å². The molecule has 0 fully saturated rings. The van der Waals surface area contributed by atoms with Crippen LogP contribution in [-0.4, -0.2) is 6.54 Å². The molecule has 2 aromatic rings. The second kappa shape index (κ2) is 5.92. The minimum absolute atomic E-state index is 0.774. The maximum Gasteiger partial charge on any atom is 0.0340 e. The van der Waals surface area contributed by atoms with Gasteiger partial charge in [-0.3, -0.25) is 0 Å². The Kier molecular flexibility index (Phi) is 4.02. The maximum absolute atomic E-state index is 5.65. The topological polar surface area (TPSA) is 38.0 Å². The Morgan fingerprint density at radius 1 is 1.00 bits per heavy atom. The molecule has 0 bridgehead atoms. The normalized spacial score (nSPS) is 10.0. The summed E-state index contributed by atoms with van der Waals surface area (Å²) in [7, 11) is 0. The van der Waals surface area contributed by atoms with Crippen molar-refractivity contribution >= 4 is 11.4 Å². The van der Waals surface area contributed by atoms with Crippen molar-refractivity contribution in [2.24, 2.45) is 0 Å². The van der Waals surface area contributed by atoms with Crippen LogP contribution in [0.5, 0.6) is 0 Å². The molecular formula is C16H18N2. The number of nitrogen functional groups attached to an aromatic ring is 1. The van der Waals surface area contributed by atoms with E-state index < -0.39 is 0 Å². The molecule has 0 atom stereocenters. The highest BCUT2D eigenvalue weighted by atomic mass is 14.9. The van der Waals surface area contributed by atoms with Crippen molar-refractivity contribution < 1.29 is 0 Å². The smallest absolute Gasteiger partial charge is 0.0340 e. The third-order valence-electron chi connectivity index (χ3n) is 2.85. The highest BCUT2D eigenvalue weighted by Crippen LogP contribution is 2.12. The van der Waals surface area contributed by atoms with E-state index in [0.29, 0.717) is 0 Å². The fraction of sp³-hybridized carbons (Fsp3) is 0.125. The predicted octanol–water partition coefficient (Wildman–Crippen LogP) is 3.07. The van der Waals surface area contributed by atoms with Crippen molar-refractivity contribution in [2.75, 3.05) is 12.3 Å². The molecule has 2 aromatic carbocycles. The molecule has 0 saturated heterocycles. The van der Waals surface area contributed by atoms with Gasteiger partial charge in [0, 0.05) is 17.9 Å². The van der Waals surface area contributed by atoms with E-state index in [9.17, 15) is 0 Å². The van der Waals surface area contributed by atoms with E-state index in [1.165, 1.54) is 5.56 Å². The minimum atomic E-state index is 0.774. The van der Waals surface area contributed by atoms with Gasteiger partial charge in [-0.25, -0.2) is 0 Å². The zero-order chi connectivity index (χ0) is 12.8. The lowest BCUT2D eigenvalue weighted by Gasteiger charge is -2.10. The molecule has 0 spiro atoms. The zero-order valence-corrected chi connectivity index (χ0v) is 10.4. The Morgan fingerprint density at radius 3 is 2.33 bits per heavy atom. The molecule has 0 aliphatic carbocycles. The standard InChI is InChI=1S/C16H18N2/c1-13(15-7-9-16(17)10-8-15)18-12-11-14-5-3-2-4-6-14/h2-10,18H,1,11-12,17H2. The monoisotopic (exact) mass is 238 g/mol. The number of hydrogen-bond acceptors (Lipinski definition) is 2. The van der Waals surface area contributed by atoms with Crippen LogP contribution in [0.4, 0.5) is 5.69 Å². The maximum atomic E-state index is 5.65. The van der Waals surface area contributed by atoms with E-state index in [0.717, 1.165) is 29.9 Å². The number of rotatable bonds is 5. The SMILES string of the molecule is C=C(NCCc1ccccc1)c1ccc(N)cc1. The quantitative estimate of drug-likeness (QED) is 0.786. The first-order valence-corrected chi connectivity index (χ1v) is 6.08. The zero-order valence-electron chi connectivity index (χ0n) is 10.4. The third kappa shape index (κ3) is 3.39. The van der Waals surface area contributed by atoms with Crippen LogP contribution in [0.15, 0.2) is 61.2 Å². The van der Waals surface area contributed by atoms with Crippen molar-refractivity contribution in [3.05, 3.63) is 72.3 Å². The van der Waals surface area contributed by atoms with Crippen LogP contribution < -0.4 is 11.1 Å². The molecule has 0 heterocycles. The average Bonchev–Trinajstić information content (AvgIpc) is 2.40. The van der Waals surface area contributed by atoms with Gasteiger partial charge in [0.05, 0.1) is 0 Å². The summed E-state index contributed by atoms with van der Waals surface area (Å²) in [6.45, 7) is 4.92. The summed E-state index contributed by atoms with van der Waals surface area (Å²) in [5.74, 6) is 0. The minimum Gasteiger partial charge on any atom is -0.399 e. The number of nitrogens with two attached hydrogens (primary N) is 1. The van der Waals surface area contributed by atoms with Crippen molar-refractivity contribution in [3.8, 4) is 0 Å². The van der Waals surface area contributed by atoms with Gasteiger partial charge >= 0.3 is 0 Å². The Morgan fingerprint density at radius 2 is 1.67 bits per heavy atom. The van der Waals surface area contributed by atoms with E-state index in [2.05, 4.69) is 36.2 Å². The molecular weight excluding hydrogens is 220 g/mol. The first kappa shape index (κ1) is 12.2. The van der Waals surface area contributed by atoms with Gasteiger partial charge in [-0.15, -0.1) is 0 Å². The Bertz CT molecular complexity index is 500. The molecule has 2 heteroatoms. The summed E-state index contributed by atoms with van der Waals surface area (Å²) in [6, 6.07) is 18.2. The van der Waals surface area contributed by atoms with E-state index >= 15 is 0 Å². The lowest BCUT2D eigenvalue weighted by Crippen LogP contribution is -2.15. The molecule has 0 aliphatic rings. The Balaban J connectivity index is 1.84. The molecule has 0 amide bonds. The summed E-state index contributed by atoms with van der Waals surface area (Å²) in [5.41, 5.74) is 9.77. The first-order chi connectivity index (χ1) is 8.75. The second-order valence-electron chi connectivity index (χ2n) is 4.26. The number of nitrogens with one attached hydrogen (secondary N) is 1. The van der Waals surface area contributed by atoms with Gasteiger partial charge in [0.15, 0.2) is 0 Å². The van der Waals surface area contributed by atoms with Crippen molar-refractivity contribution in [3.63, 3.8) is 0 Å². The summed E-state index contributed by atoms with van der Waals surface area (Å²) < 4.78 is 0. The summed E-state index contributed by atoms with van der Waals surface area (Å²) >= 11 is 0. The first-order valence-electron chi connectivity index (χ1n) is 6.08. The van der Waals surface area contributed by atoms with E-state index in [4.69, 9.17) is 5.73 Å². The summed E-state index contributed by atoms with van der Waals surface area (Å²) in [6.07, 6.45) is 0.995. The molecule has 0 radical (unpaired) electrons. The molecule has 2 nitrogen and oxygen atoms in total. The molecule has 0 saturated carbocycles. The summed E-state index contributed by atoms with van der Waals surface area (Å²) in [4.78, 5) is 0. The molecule has 0 unspecified atom stereocenters. The van der Waals surface area contributed by atoms with Crippen molar-refractivity contribution in [1.29, 1.82) is 0 Å². The highest BCUT2D eigenvalue weighted by molar-refractivity contribution is 5.63. The van der Waals surface area contributed by atoms with Crippen LogP contribution in [0.1, 0.15) is 11.1 Å². The molecule has 92 valence electrons. The van der Waals surface area contributed by atoms with Crippen LogP contribution in [0.2, 0.25) is 0 Å². The molecule has 18 heavy (non-hydrogen) atoms. The summed E-state index contributed by atoms with van der Waals surface area (Å²) in [5, 5.41) is 3.33. The van der Waals surface area contributed by atoms with Crippen molar-refractivity contribution in [1.82, 2.24) is 5.32 Å². The van der Waals surface area contributed by atoms with Crippen LogP contribution in [-0.2, 0) is 6.42 Å². The third-order valence-corrected chi connectivity index (χ3v) is 2.85. The van der Waals surface area contributed by atoms with Gasteiger partial charge in [0.25, 0.3) is 0 Å². The van der Waals surface area contributed by atoms with Gasteiger partial charge < -0.3 is 11.1 Å². The Labute approximate surface area is 108 Å². The number of hydrogen-bond donors (Lipinski definition) is 2. The molecule has 3 N–H and O–H groups in total. The highest BCUT2D eigenvalue weighted by Gasteiger charge is 1.98. The fourth-order valence-electron chi connectivity index (χ4n) is 1.79. The van der Waals surface area contributed by atoms with Gasteiger partial charge in [-0.05, 0) is 29.7 Å². The number of benzene rings is 2. The van der Waals surface area contributed by atoms with Gasteiger partial charge in [0.1, 0.15) is 0 Å². The van der Waals surface area contributed by atoms with E-state index in [1.807, 2.05) is 30.3 Å². The lowest BCUT2D eigenvalue weighted by atomic mass is 10.1. The molecule has 0 aliphatic heterocycles. The van der Waals surface area contributed by atoms with Gasteiger partial charge in [0.2, 0.25) is 0 Å². The van der Waals surface area contributed by atoms with E-state index in [-0.39, 0.29) is 0 Å². The second-order valence-corrected chi connectivity index (χ2v) is 4.26. The van der Waals surface area contributed by atoms with Crippen LogP contribution in [0, 0.1) is 0 Å². The average molecular weight is 238 g/mol. The Hall–Kier alpha value is -2.22. The van der Waals surface area contributed by atoms with Crippen LogP contribution in [0.3, 0.4) is 0 Å². The molecule has 2 rings (SSSR count). The lowest BCUT2D eigenvalue weighted by molar-refractivity contribution is 0.849. The largest absolute Gasteiger partial charge is 0.399 e. The van der Waals surface area contributed by atoms with Gasteiger partial charge in [-0.1, -0.05) is 49.0 Å². The van der Waals surface area contributed by atoms with E-state index in [1.54, 1.807) is 0 Å². The van der Waals surface area contributed by atoms with Crippen LogP contribution in [0.25, 0.3) is 5.70 Å². The molecule has 0 aromatic heterocycles.